The van der Waals surface area contributed by atoms with Crippen molar-refractivity contribution in [3.63, 3.8) is 0 Å². The fourth-order valence-electron chi connectivity index (χ4n) is 1.07. The second kappa shape index (κ2) is 2.92. The summed E-state index contributed by atoms with van der Waals surface area (Å²) in [7, 11) is 0. The number of carbonyl (C=O) groups is 1. The van der Waals surface area contributed by atoms with Gasteiger partial charge in [0.15, 0.2) is 0 Å². The van der Waals surface area contributed by atoms with Crippen LogP contribution in [0.3, 0.4) is 0 Å². The minimum Gasteiger partial charge on any atom is -0.481 e. The van der Waals surface area contributed by atoms with Crippen LogP contribution >= 0.6 is 0 Å². The summed E-state index contributed by atoms with van der Waals surface area (Å²) in [4.78, 5) is 10.5. The zero-order valence-electron chi connectivity index (χ0n) is 6.24. The minimum atomic E-state index is -0.974. The lowest BCUT2D eigenvalue weighted by atomic mass is 9.98. The average molecular weight is 157 g/mol. The highest BCUT2D eigenvalue weighted by molar-refractivity contribution is 5.73. The van der Waals surface area contributed by atoms with E-state index in [0.29, 0.717) is 6.54 Å². The maximum atomic E-state index is 10.5. The fourth-order valence-corrected chi connectivity index (χ4v) is 1.07. The summed E-state index contributed by atoms with van der Waals surface area (Å²) in [5.41, 5.74) is 0.808. The standard InChI is InChI=1S/C7H11NO3/c1-4-2-5(7(10)11)6(9)3-8-4/h2,5-6,8-9H,3H2,1H3,(H,10,11). The van der Waals surface area contributed by atoms with E-state index in [0.717, 1.165) is 5.70 Å². The van der Waals surface area contributed by atoms with Crippen LogP contribution in [0, 0.1) is 5.92 Å². The highest BCUT2D eigenvalue weighted by Crippen LogP contribution is 2.12. The van der Waals surface area contributed by atoms with E-state index in [9.17, 15) is 4.79 Å². The van der Waals surface area contributed by atoms with Crippen LogP contribution < -0.4 is 5.32 Å². The second-order valence-electron chi connectivity index (χ2n) is 2.66. The van der Waals surface area contributed by atoms with Crippen molar-refractivity contribution in [3.8, 4) is 0 Å². The molecule has 0 aromatic heterocycles. The maximum Gasteiger partial charge on any atom is 0.313 e. The minimum absolute atomic E-state index is 0.319. The molecule has 4 nitrogen and oxygen atoms in total. The topological polar surface area (TPSA) is 69.6 Å². The van der Waals surface area contributed by atoms with E-state index in [1.165, 1.54) is 6.08 Å². The van der Waals surface area contributed by atoms with Crippen LogP contribution in [0.4, 0.5) is 0 Å². The van der Waals surface area contributed by atoms with Gasteiger partial charge < -0.3 is 15.5 Å². The summed E-state index contributed by atoms with van der Waals surface area (Å²) in [5, 5.41) is 20.6. The lowest BCUT2D eigenvalue weighted by Crippen LogP contribution is -2.39. The van der Waals surface area contributed by atoms with Crippen LogP contribution in [0.1, 0.15) is 6.92 Å². The van der Waals surface area contributed by atoms with Gasteiger partial charge in [-0.25, -0.2) is 0 Å². The molecular weight excluding hydrogens is 146 g/mol. The van der Waals surface area contributed by atoms with Crippen LogP contribution in [0.2, 0.25) is 0 Å². The van der Waals surface area contributed by atoms with Gasteiger partial charge in [-0.2, -0.15) is 0 Å². The molecule has 1 aliphatic heterocycles. The highest BCUT2D eigenvalue weighted by Gasteiger charge is 2.26. The van der Waals surface area contributed by atoms with Crippen molar-refractivity contribution in [2.45, 2.75) is 13.0 Å². The van der Waals surface area contributed by atoms with Gasteiger partial charge in [-0.1, -0.05) is 0 Å². The van der Waals surface area contributed by atoms with Crippen molar-refractivity contribution >= 4 is 5.97 Å². The number of carboxylic acids is 1. The van der Waals surface area contributed by atoms with Crippen molar-refractivity contribution in [3.05, 3.63) is 11.8 Å². The third-order valence-corrected chi connectivity index (χ3v) is 1.72. The number of aliphatic carboxylic acids is 1. The molecule has 0 saturated carbocycles. The summed E-state index contributed by atoms with van der Waals surface area (Å²) in [6, 6.07) is 0. The van der Waals surface area contributed by atoms with Gasteiger partial charge in [0.05, 0.1) is 6.10 Å². The van der Waals surface area contributed by atoms with Gasteiger partial charge in [0.1, 0.15) is 5.92 Å². The van der Waals surface area contributed by atoms with Crippen LogP contribution in [0.5, 0.6) is 0 Å². The summed E-state index contributed by atoms with van der Waals surface area (Å²) >= 11 is 0. The lowest BCUT2D eigenvalue weighted by Gasteiger charge is -2.23. The molecule has 0 fully saturated rings. The van der Waals surface area contributed by atoms with Crippen molar-refractivity contribution in [2.24, 2.45) is 5.92 Å². The largest absolute Gasteiger partial charge is 0.481 e. The number of carboxylic acid groups (broad SMARTS) is 1. The first kappa shape index (κ1) is 8.07. The normalized spacial score (nSPS) is 30.5. The molecule has 3 N–H and O–H groups in total. The summed E-state index contributed by atoms with van der Waals surface area (Å²) in [6.07, 6.45) is 0.715. The van der Waals surface area contributed by atoms with Crippen LogP contribution in [0.25, 0.3) is 0 Å². The zero-order valence-corrected chi connectivity index (χ0v) is 6.24. The molecular formula is C7H11NO3. The van der Waals surface area contributed by atoms with Crippen LogP contribution in [-0.4, -0.2) is 28.8 Å². The Kier molecular flexibility index (Phi) is 2.14. The molecule has 0 spiro atoms. The van der Waals surface area contributed by atoms with E-state index in [4.69, 9.17) is 10.2 Å². The Morgan fingerprint density at radius 3 is 2.91 bits per heavy atom. The predicted molar refractivity (Wildman–Crippen MR) is 38.9 cm³/mol. The molecule has 0 radical (unpaired) electrons. The van der Waals surface area contributed by atoms with E-state index in [2.05, 4.69) is 5.32 Å². The van der Waals surface area contributed by atoms with Gasteiger partial charge in [0, 0.05) is 12.2 Å². The molecule has 1 aliphatic rings. The molecule has 0 aliphatic carbocycles. The molecule has 4 heteroatoms. The third kappa shape index (κ3) is 1.71. The van der Waals surface area contributed by atoms with Crippen molar-refractivity contribution in [2.75, 3.05) is 6.54 Å². The van der Waals surface area contributed by atoms with Gasteiger partial charge in [-0.3, -0.25) is 4.79 Å². The van der Waals surface area contributed by atoms with E-state index >= 15 is 0 Å². The fraction of sp³-hybridized carbons (Fsp3) is 0.571. The van der Waals surface area contributed by atoms with E-state index in [-0.39, 0.29) is 0 Å². The lowest BCUT2D eigenvalue weighted by molar-refractivity contribution is -0.143. The van der Waals surface area contributed by atoms with Gasteiger partial charge >= 0.3 is 5.97 Å². The van der Waals surface area contributed by atoms with Gasteiger partial charge in [0.25, 0.3) is 0 Å². The highest BCUT2D eigenvalue weighted by atomic mass is 16.4. The van der Waals surface area contributed by atoms with Gasteiger partial charge in [-0.15, -0.1) is 0 Å². The van der Waals surface area contributed by atoms with Crippen LogP contribution in [-0.2, 0) is 4.79 Å². The quantitative estimate of drug-likeness (QED) is 0.482. The number of rotatable bonds is 1. The third-order valence-electron chi connectivity index (χ3n) is 1.72. The zero-order chi connectivity index (χ0) is 8.43. The number of aliphatic hydroxyl groups excluding tert-OH is 1. The first-order valence-electron chi connectivity index (χ1n) is 3.44. The van der Waals surface area contributed by atoms with Gasteiger partial charge in [-0.05, 0) is 13.0 Å². The molecule has 0 bridgehead atoms. The SMILES string of the molecule is CC1=CC(C(=O)O)C(O)CN1. The predicted octanol–water partition coefficient (Wildman–Crippen LogP) is -0.445. The van der Waals surface area contributed by atoms with E-state index in [1.807, 2.05) is 0 Å². The molecule has 0 saturated heterocycles. The van der Waals surface area contributed by atoms with Crippen LogP contribution in [0.15, 0.2) is 11.8 Å². The van der Waals surface area contributed by atoms with E-state index < -0.39 is 18.0 Å². The molecule has 1 rings (SSSR count). The molecule has 0 amide bonds. The van der Waals surface area contributed by atoms with E-state index in [1.54, 1.807) is 6.92 Å². The average Bonchev–Trinajstić information content (AvgIpc) is 1.94. The first-order valence-corrected chi connectivity index (χ1v) is 3.44. The smallest absolute Gasteiger partial charge is 0.313 e. The Labute approximate surface area is 64.5 Å². The molecule has 2 unspecified atom stereocenters. The summed E-state index contributed by atoms with van der Waals surface area (Å²) in [6.45, 7) is 2.10. The number of nitrogens with one attached hydrogen (secondary N) is 1. The number of hydrogen-bond donors (Lipinski definition) is 3. The molecule has 11 heavy (non-hydrogen) atoms. The number of aliphatic hydroxyl groups is 1. The Bertz CT molecular complexity index is 200. The molecule has 62 valence electrons. The Balaban J connectivity index is 2.75. The Hall–Kier alpha value is -1.03. The monoisotopic (exact) mass is 157 g/mol. The summed E-state index contributed by atoms with van der Waals surface area (Å²) < 4.78 is 0. The molecule has 0 aromatic carbocycles. The Morgan fingerprint density at radius 1 is 1.82 bits per heavy atom. The number of hydrogen-bond acceptors (Lipinski definition) is 3. The summed E-state index contributed by atoms with van der Waals surface area (Å²) in [5.74, 6) is -1.73. The number of β-amino-alcohol motifs (C(OH)–C–C–N with tert-alkyl or cyclic N) is 1. The van der Waals surface area contributed by atoms with Crippen molar-refractivity contribution in [1.29, 1.82) is 0 Å². The Morgan fingerprint density at radius 2 is 2.45 bits per heavy atom. The van der Waals surface area contributed by atoms with Crippen molar-refractivity contribution < 1.29 is 15.0 Å². The first-order chi connectivity index (χ1) is 5.11. The van der Waals surface area contributed by atoms with Gasteiger partial charge in [0.2, 0.25) is 0 Å². The van der Waals surface area contributed by atoms with Crippen molar-refractivity contribution in [1.82, 2.24) is 5.32 Å². The number of allylic oxidation sites excluding steroid dienone is 1. The molecule has 0 aromatic rings. The molecule has 2 atom stereocenters. The molecule has 1 heterocycles. The maximum absolute atomic E-state index is 10.5. The second-order valence-corrected chi connectivity index (χ2v) is 2.66.